The summed E-state index contributed by atoms with van der Waals surface area (Å²) in [5.41, 5.74) is 7.56. The summed E-state index contributed by atoms with van der Waals surface area (Å²) >= 11 is 7.29. The third-order valence-electron chi connectivity index (χ3n) is 8.35. The molecule has 260 valence electrons. The number of carbonyl (C=O) groups excluding carboxylic acids is 1. The van der Waals surface area contributed by atoms with E-state index in [1.165, 1.54) is 7.11 Å². The van der Waals surface area contributed by atoms with Crippen molar-refractivity contribution in [2.75, 3.05) is 38.3 Å². The monoisotopic (exact) mass is 694 g/mol. The summed E-state index contributed by atoms with van der Waals surface area (Å²) in [5, 5.41) is 14.1. The first-order valence-corrected chi connectivity index (χ1v) is 17.3. The van der Waals surface area contributed by atoms with Crippen molar-refractivity contribution in [1.29, 1.82) is 0 Å². The Labute approximate surface area is 298 Å². The number of ether oxygens (including phenoxy) is 3. The molecule has 2 aliphatic rings. The van der Waals surface area contributed by atoms with Crippen molar-refractivity contribution in [2.45, 2.75) is 52.6 Å². The average Bonchev–Trinajstić information content (AvgIpc) is 3.51. The number of anilines is 1. The molecule has 0 atom stereocenters. The number of carbonyl (C=O) groups is 1. The summed E-state index contributed by atoms with van der Waals surface area (Å²) in [6, 6.07) is 22.3. The maximum absolute atomic E-state index is 12.7. The minimum atomic E-state index is -0.500. The molecular formula is C40H43ClN4O5. The molecule has 10 heteroatoms. The lowest BCUT2D eigenvalue weighted by Gasteiger charge is -2.32. The summed E-state index contributed by atoms with van der Waals surface area (Å²) in [4.78, 5) is 19.8. The standard InChI is InChI=1S/C36H33ClN4O4.C4H10O/c1-23-28(21-33(42)43-2)35-27-14-15-31-36(34(27)37)40(17-19-45-31)16-7-3-4-8-18-44-30-13-6-5-12-26(30)24-10-9-11-25(20-24)29-22-32(38-23)41(35)39-29;1-4(2,3)5/h3,5-7,9-15,20,22H,4,8,16-19,21H2,1-2H3;5H,1-3H3/b7-3-;. The van der Waals surface area contributed by atoms with Crippen LogP contribution in [0.25, 0.3) is 39.3 Å². The van der Waals surface area contributed by atoms with Crippen molar-refractivity contribution in [3.05, 3.63) is 95.2 Å². The molecule has 50 heavy (non-hydrogen) atoms. The maximum atomic E-state index is 12.7. The molecule has 0 unspecified atom stereocenters. The van der Waals surface area contributed by atoms with Crippen LogP contribution in [0.15, 0.2) is 78.9 Å². The van der Waals surface area contributed by atoms with Crippen molar-refractivity contribution >= 4 is 28.9 Å². The number of aliphatic hydroxyl groups is 1. The highest BCUT2D eigenvalue weighted by Gasteiger charge is 2.27. The van der Waals surface area contributed by atoms with Gasteiger partial charge in [0.1, 0.15) is 18.1 Å². The van der Waals surface area contributed by atoms with E-state index in [0.29, 0.717) is 53.9 Å². The van der Waals surface area contributed by atoms with Gasteiger partial charge in [0, 0.05) is 40.6 Å². The molecule has 7 rings (SSSR count). The number of rotatable bonds is 2. The lowest BCUT2D eigenvalue weighted by atomic mass is 10.00. The Balaban J connectivity index is 0.000000808. The van der Waals surface area contributed by atoms with E-state index in [1.807, 2.05) is 55.5 Å². The highest BCUT2D eigenvalue weighted by molar-refractivity contribution is 6.36. The summed E-state index contributed by atoms with van der Waals surface area (Å²) in [6.07, 6.45) is 6.19. The second-order valence-electron chi connectivity index (χ2n) is 13.4. The Morgan fingerprint density at radius 2 is 1.72 bits per heavy atom. The molecule has 9 nitrogen and oxygen atoms in total. The number of aromatic nitrogens is 3. The van der Waals surface area contributed by atoms with Gasteiger partial charge in [0.05, 0.1) is 54.4 Å². The fourth-order valence-corrected chi connectivity index (χ4v) is 6.45. The number of allylic oxidation sites excluding steroid dienone is 1. The average molecular weight is 695 g/mol. The first kappa shape index (κ1) is 35.0. The van der Waals surface area contributed by atoms with E-state index in [2.05, 4.69) is 35.3 Å². The Hall–Kier alpha value is -4.86. The summed E-state index contributed by atoms with van der Waals surface area (Å²) in [5.74, 6) is 1.21. The Morgan fingerprint density at radius 3 is 2.52 bits per heavy atom. The van der Waals surface area contributed by atoms with Gasteiger partial charge in [-0.3, -0.25) is 4.79 Å². The minimum Gasteiger partial charge on any atom is -0.493 e. The number of hydrogen-bond acceptors (Lipinski definition) is 8. The normalized spacial score (nSPS) is 14.8. The topological polar surface area (TPSA) is 98.4 Å². The summed E-state index contributed by atoms with van der Waals surface area (Å²) in [6.45, 7) is 9.70. The molecule has 4 heterocycles. The van der Waals surface area contributed by atoms with Crippen LogP contribution < -0.4 is 14.4 Å². The predicted octanol–water partition coefficient (Wildman–Crippen LogP) is 8.11. The molecule has 0 spiro atoms. The number of hydrogen-bond donors (Lipinski definition) is 1. The molecule has 3 aromatic carbocycles. The van der Waals surface area contributed by atoms with Crippen LogP contribution in [-0.2, 0) is 16.0 Å². The van der Waals surface area contributed by atoms with E-state index < -0.39 is 5.60 Å². The van der Waals surface area contributed by atoms with E-state index in [0.717, 1.165) is 58.0 Å². The van der Waals surface area contributed by atoms with E-state index >= 15 is 0 Å². The highest BCUT2D eigenvalue weighted by atomic mass is 35.5. The smallest absolute Gasteiger partial charge is 0.310 e. The van der Waals surface area contributed by atoms with Crippen LogP contribution in [-0.4, -0.2) is 64.7 Å². The van der Waals surface area contributed by atoms with E-state index in [9.17, 15) is 4.79 Å². The van der Waals surface area contributed by atoms with Crippen LogP contribution >= 0.6 is 11.6 Å². The molecule has 0 fully saturated rings. The molecule has 0 aliphatic carbocycles. The molecule has 1 N–H and O–H groups in total. The van der Waals surface area contributed by atoms with Gasteiger partial charge in [-0.25, -0.2) is 9.50 Å². The van der Waals surface area contributed by atoms with E-state index in [1.54, 1.807) is 25.3 Å². The summed E-state index contributed by atoms with van der Waals surface area (Å²) < 4.78 is 19.2. The molecule has 2 aliphatic heterocycles. The number of aryl methyl sites for hydroxylation is 1. The largest absolute Gasteiger partial charge is 0.493 e. The zero-order chi connectivity index (χ0) is 35.4. The lowest BCUT2D eigenvalue weighted by Crippen LogP contribution is -2.33. The SMILES string of the molecule is CC(C)(C)O.COC(=O)Cc1c(C)nc2cc3nn2c1-c1ccc2c(c1Cl)N(C/C=C\CCCOc1ccccc1-c1cccc-3c1)CCO2. The van der Waals surface area contributed by atoms with Crippen molar-refractivity contribution in [3.8, 4) is 45.1 Å². The third-order valence-corrected chi connectivity index (χ3v) is 8.73. The summed E-state index contributed by atoms with van der Waals surface area (Å²) in [7, 11) is 1.39. The van der Waals surface area contributed by atoms with Crippen LogP contribution in [0.3, 0.4) is 0 Å². The quantitative estimate of drug-likeness (QED) is 0.146. The Bertz CT molecular complexity index is 2040. The van der Waals surface area contributed by atoms with Gasteiger partial charge in [0.25, 0.3) is 0 Å². The molecule has 0 saturated heterocycles. The van der Waals surface area contributed by atoms with Gasteiger partial charge in [-0.05, 0) is 70.4 Å². The zero-order valence-electron chi connectivity index (χ0n) is 29.2. The van der Waals surface area contributed by atoms with E-state index in [-0.39, 0.29) is 12.4 Å². The fraction of sp³-hybridized carbons (Fsp3) is 0.325. The number of halogens is 1. The molecular weight excluding hydrogens is 652 g/mol. The predicted molar refractivity (Wildman–Crippen MR) is 198 cm³/mol. The molecule has 5 aromatic rings. The first-order valence-electron chi connectivity index (χ1n) is 16.9. The Kier molecular flexibility index (Phi) is 10.5. The van der Waals surface area contributed by atoms with Crippen LogP contribution in [0, 0.1) is 6.92 Å². The van der Waals surface area contributed by atoms with Crippen LogP contribution in [0.5, 0.6) is 11.5 Å². The number of methoxy groups -OCH3 is 1. The molecule has 6 bridgehead atoms. The van der Waals surface area contributed by atoms with Gasteiger partial charge in [-0.1, -0.05) is 60.2 Å². The first-order chi connectivity index (χ1) is 24.0. The van der Waals surface area contributed by atoms with Gasteiger partial charge in [-0.2, -0.15) is 5.10 Å². The van der Waals surface area contributed by atoms with Crippen molar-refractivity contribution in [2.24, 2.45) is 0 Å². The highest BCUT2D eigenvalue weighted by Crippen LogP contribution is 2.45. The van der Waals surface area contributed by atoms with Crippen LogP contribution in [0.1, 0.15) is 44.9 Å². The van der Waals surface area contributed by atoms with Crippen molar-refractivity contribution < 1.29 is 24.1 Å². The minimum absolute atomic E-state index is 0.0262. The number of esters is 1. The van der Waals surface area contributed by atoms with Crippen molar-refractivity contribution in [3.63, 3.8) is 0 Å². The Morgan fingerprint density at radius 1 is 0.960 bits per heavy atom. The number of benzene rings is 3. The molecule has 2 aromatic heterocycles. The number of para-hydroxylation sites is 1. The van der Waals surface area contributed by atoms with Gasteiger partial charge in [0.2, 0.25) is 0 Å². The number of nitrogens with zero attached hydrogens (tertiary/aromatic N) is 4. The lowest BCUT2D eigenvalue weighted by molar-refractivity contribution is -0.139. The third kappa shape index (κ3) is 7.79. The molecule has 0 radical (unpaired) electrons. The van der Waals surface area contributed by atoms with Gasteiger partial charge < -0.3 is 24.2 Å². The fourth-order valence-electron chi connectivity index (χ4n) is 6.08. The zero-order valence-corrected chi connectivity index (χ0v) is 30.0. The van der Waals surface area contributed by atoms with Gasteiger partial charge >= 0.3 is 5.97 Å². The molecule has 0 amide bonds. The van der Waals surface area contributed by atoms with Gasteiger partial charge in [-0.15, -0.1) is 0 Å². The maximum Gasteiger partial charge on any atom is 0.310 e. The second-order valence-corrected chi connectivity index (χ2v) is 13.7. The molecule has 0 saturated carbocycles. The number of fused-ring (bicyclic) bond motifs is 8. The second kappa shape index (κ2) is 14.9. The van der Waals surface area contributed by atoms with E-state index in [4.69, 9.17) is 41.0 Å². The van der Waals surface area contributed by atoms with Crippen LogP contribution in [0.2, 0.25) is 5.02 Å². The van der Waals surface area contributed by atoms with Crippen molar-refractivity contribution in [1.82, 2.24) is 14.6 Å². The van der Waals surface area contributed by atoms with Gasteiger partial charge in [0.15, 0.2) is 5.65 Å². The van der Waals surface area contributed by atoms with Crippen LogP contribution in [0.4, 0.5) is 5.69 Å².